The van der Waals surface area contributed by atoms with E-state index in [9.17, 15) is 4.79 Å². The highest BCUT2D eigenvalue weighted by molar-refractivity contribution is 6.01. The molecule has 5 nitrogen and oxygen atoms in total. The molecule has 3 aromatic rings. The highest BCUT2D eigenvalue weighted by Crippen LogP contribution is 2.31. The number of nitrogens with zero attached hydrogens (tertiary/aromatic N) is 4. The monoisotopic (exact) mass is 472 g/mol. The van der Waals surface area contributed by atoms with Gasteiger partial charge in [-0.05, 0) is 64.5 Å². The molecule has 0 unspecified atom stereocenters. The Bertz CT molecular complexity index is 1150. The van der Waals surface area contributed by atoms with Gasteiger partial charge in [0.1, 0.15) is 0 Å². The Morgan fingerprint density at radius 3 is 2.34 bits per heavy atom. The maximum Gasteiger partial charge on any atom is 0.246 e. The molecule has 1 aliphatic heterocycles. The van der Waals surface area contributed by atoms with Crippen LogP contribution in [0.5, 0.6) is 0 Å². The van der Waals surface area contributed by atoms with Crippen molar-refractivity contribution in [1.29, 1.82) is 0 Å². The number of fused-ring (bicyclic) bond motifs is 1. The zero-order valence-electron chi connectivity index (χ0n) is 21.8. The van der Waals surface area contributed by atoms with Crippen molar-refractivity contribution in [3.63, 3.8) is 0 Å². The Morgan fingerprint density at radius 2 is 1.63 bits per heavy atom. The standard InChI is InChI=1S/C30H40N4O/c1-24(30-25(2)34(17-10-16-31(3)4)28-14-9-8-13-27(28)30)23-29(35)33-21-19-32(20-22-33)18-15-26-11-6-5-7-12-26/h5-9,11-14,23H,10,15-22H2,1-4H3/b24-23+. The Morgan fingerprint density at radius 1 is 0.943 bits per heavy atom. The van der Waals surface area contributed by atoms with E-state index in [4.69, 9.17) is 0 Å². The molecule has 0 N–H and O–H groups in total. The molecular formula is C30H40N4O. The van der Waals surface area contributed by atoms with Crippen LogP contribution in [0.2, 0.25) is 0 Å². The molecule has 5 heteroatoms. The zero-order valence-corrected chi connectivity index (χ0v) is 21.8. The second-order valence-electron chi connectivity index (χ2n) is 10.0. The first kappa shape index (κ1) is 25.2. The van der Waals surface area contributed by atoms with Crippen LogP contribution < -0.4 is 0 Å². The lowest BCUT2D eigenvalue weighted by Gasteiger charge is -2.34. The van der Waals surface area contributed by atoms with Crippen molar-refractivity contribution in [3.8, 4) is 0 Å². The van der Waals surface area contributed by atoms with Crippen LogP contribution in [0.3, 0.4) is 0 Å². The Labute approximate surface area is 210 Å². The van der Waals surface area contributed by atoms with Gasteiger partial charge in [0.05, 0.1) is 0 Å². The van der Waals surface area contributed by atoms with Gasteiger partial charge in [0.2, 0.25) is 5.91 Å². The molecule has 1 aliphatic rings. The number of hydrogen-bond acceptors (Lipinski definition) is 3. The van der Waals surface area contributed by atoms with E-state index in [0.29, 0.717) is 0 Å². The van der Waals surface area contributed by atoms with Crippen LogP contribution in [-0.4, -0.2) is 78.5 Å². The summed E-state index contributed by atoms with van der Waals surface area (Å²) in [4.78, 5) is 19.9. The van der Waals surface area contributed by atoms with Crippen molar-refractivity contribution in [2.75, 3.05) is 53.4 Å². The number of hydrogen-bond donors (Lipinski definition) is 0. The third kappa shape index (κ3) is 6.22. The number of carbonyl (C=O) groups is 1. The lowest BCUT2D eigenvalue weighted by atomic mass is 10.0. The molecule has 1 amide bonds. The van der Waals surface area contributed by atoms with Gasteiger partial charge in [0, 0.05) is 67.5 Å². The molecule has 1 saturated heterocycles. The van der Waals surface area contributed by atoms with Gasteiger partial charge < -0.3 is 14.4 Å². The summed E-state index contributed by atoms with van der Waals surface area (Å²) >= 11 is 0. The summed E-state index contributed by atoms with van der Waals surface area (Å²) < 4.78 is 2.42. The van der Waals surface area contributed by atoms with E-state index in [-0.39, 0.29) is 5.91 Å². The first-order valence-electron chi connectivity index (χ1n) is 12.9. The van der Waals surface area contributed by atoms with Gasteiger partial charge >= 0.3 is 0 Å². The summed E-state index contributed by atoms with van der Waals surface area (Å²) in [6.07, 6.45) is 4.02. The van der Waals surface area contributed by atoms with Gasteiger partial charge in [-0.3, -0.25) is 9.69 Å². The molecule has 0 aliphatic carbocycles. The highest BCUT2D eigenvalue weighted by Gasteiger charge is 2.21. The molecule has 0 bridgehead atoms. The van der Waals surface area contributed by atoms with E-state index in [1.165, 1.54) is 27.7 Å². The zero-order chi connectivity index (χ0) is 24.8. The van der Waals surface area contributed by atoms with Gasteiger partial charge in [-0.25, -0.2) is 0 Å². The van der Waals surface area contributed by atoms with Crippen LogP contribution in [-0.2, 0) is 17.8 Å². The van der Waals surface area contributed by atoms with Crippen LogP contribution in [0.15, 0.2) is 60.7 Å². The maximum atomic E-state index is 13.2. The Hall–Kier alpha value is -2.89. The molecule has 2 heterocycles. The van der Waals surface area contributed by atoms with E-state index in [0.717, 1.165) is 64.2 Å². The smallest absolute Gasteiger partial charge is 0.246 e. The predicted octanol–water partition coefficient (Wildman–Crippen LogP) is 4.69. The molecule has 1 aromatic heterocycles. The second-order valence-corrected chi connectivity index (χ2v) is 10.0. The first-order valence-corrected chi connectivity index (χ1v) is 12.9. The van der Waals surface area contributed by atoms with Crippen LogP contribution in [0.4, 0.5) is 0 Å². The Balaban J connectivity index is 1.41. The minimum atomic E-state index is 0.133. The Kier molecular flexibility index (Phi) is 8.42. The van der Waals surface area contributed by atoms with Crippen LogP contribution in [0.1, 0.15) is 30.2 Å². The number of carbonyl (C=O) groups excluding carboxylic acids is 1. The molecule has 1 fully saturated rings. The lowest BCUT2D eigenvalue weighted by Crippen LogP contribution is -2.48. The summed E-state index contributed by atoms with van der Waals surface area (Å²) in [5.74, 6) is 0.133. The van der Waals surface area contributed by atoms with E-state index in [2.05, 4.69) is 96.9 Å². The minimum Gasteiger partial charge on any atom is -0.344 e. The van der Waals surface area contributed by atoms with E-state index in [1.807, 2.05) is 11.0 Å². The number of aryl methyl sites for hydroxylation is 1. The largest absolute Gasteiger partial charge is 0.344 e. The van der Waals surface area contributed by atoms with E-state index >= 15 is 0 Å². The van der Waals surface area contributed by atoms with Crippen molar-refractivity contribution < 1.29 is 4.79 Å². The number of aromatic nitrogens is 1. The van der Waals surface area contributed by atoms with Crippen LogP contribution in [0, 0.1) is 6.92 Å². The fourth-order valence-corrected chi connectivity index (χ4v) is 5.23. The first-order chi connectivity index (χ1) is 16.9. The van der Waals surface area contributed by atoms with Gasteiger partial charge in [-0.2, -0.15) is 0 Å². The van der Waals surface area contributed by atoms with Gasteiger partial charge in [0.15, 0.2) is 0 Å². The second kappa shape index (κ2) is 11.7. The summed E-state index contributed by atoms with van der Waals surface area (Å²) in [6.45, 7) is 10.8. The number of benzene rings is 2. The van der Waals surface area contributed by atoms with Crippen molar-refractivity contribution in [2.45, 2.75) is 33.2 Å². The number of amides is 1. The van der Waals surface area contributed by atoms with Crippen molar-refractivity contribution in [2.24, 2.45) is 0 Å². The molecule has 186 valence electrons. The SMILES string of the molecule is C/C(=C\C(=O)N1CCN(CCc2ccccc2)CC1)c1c(C)n(CCCN(C)C)c2ccccc12. The topological polar surface area (TPSA) is 31.7 Å². The summed E-state index contributed by atoms with van der Waals surface area (Å²) in [6, 6.07) is 19.2. The molecular weight excluding hydrogens is 432 g/mol. The fraction of sp³-hybridized carbons (Fsp3) is 0.433. The molecule has 2 aromatic carbocycles. The average Bonchev–Trinajstić information content (AvgIpc) is 3.14. The number of allylic oxidation sites excluding steroid dienone is 1. The van der Waals surface area contributed by atoms with Crippen molar-refractivity contribution >= 4 is 22.4 Å². The quantitative estimate of drug-likeness (QED) is 0.424. The minimum absolute atomic E-state index is 0.133. The predicted molar refractivity (Wildman–Crippen MR) is 147 cm³/mol. The van der Waals surface area contributed by atoms with Crippen molar-refractivity contribution in [3.05, 3.63) is 77.5 Å². The number of piperazine rings is 1. The van der Waals surface area contributed by atoms with Crippen molar-refractivity contribution in [1.82, 2.24) is 19.3 Å². The van der Waals surface area contributed by atoms with Gasteiger partial charge in [0.25, 0.3) is 0 Å². The molecule has 0 saturated carbocycles. The van der Waals surface area contributed by atoms with E-state index in [1.54, 1.807) is 0 Å². The third-order valence-electron chi connectivity index (χ3n) is 7.20. The summed E-state index contributed by atoms with van der Waals surface area (Å²) in [5, 5.41) is 1.24. The van der Waals surface area contributed by atoms with E-state index < -0.39 is 0 Å². The molecule has 35 heavy (non-hydrogen) atoms. The molecule has 0 radical (unpaired) electrons. The van der Waals surface area contributed by atoms with Gasteiger partial charge in [-0.15, -0.1) is 0 Å². The molecule has 0 atom stereocenters. The fourth-order valence-electron chi connectivity index (χ4n) is 5.23. The number of para-hydroxylation sites is 1. The number of rotatable bonds is 9. The third-order valence-corrected chi connectivity index (χ3v) is 7.20. The highest BCUT2D eigenvalue weighted by atomic mass is 16.2. The lowest BCUT2D eigenvalue weighted by molar-refractivity contribution is -0.127. The van der Waals surface area contributed by atoms with Crippen LogP contribution in [0.25, 0.3) is 16.5 Å². The van der Waals surface area contributed by atoms with Crippen LogP contribution >= 0.6 is 0 Å². The van der Waals surface area contributed by atoms with Gasteiger partial charge in [-0.1, -0.05) is 48.5 Å². The maximum absolute atomic E-state index is 13.2. The summed E-state index contributed by atoms with van der Waals surface area (Å²) in [7, 11) is 4.24. The molecule has 4 rings (SSSR count). The molecule has 0 spiro atoms. The normalized spacial score (nSPS) is 15.3. The average molecular weight is 473 g/mol. The summed E-state index contributed by atoms with van der Waals surface area (Å²) in [5.41, 5.74) is 6.14.